The first-order valence-electron chi connectivity index (χ1n) is 13.1. The summed E-state index contributed by atoms with van der Waals surface area (Å²) < 4.78 is 6.47. The number of pyridine rings is 1. The Kier molecular flexibility index (Phi) is 6.78. The number of aliphatic hydroxyl groups is 1. The van der Waals surface area contributed by atoms with E-state index >= 15 is 0 Å². The number of Topliss-reactive ketones (excluding diaryl/α,β-unsaturated/α-hetero) is 1. The molecular formula is C32H33N3O4S. The summed E-state index contributed by atoms with van der Waals surface area (Å²) in [6, 6.07) is 14.2. The van der Waals surface area contributed by atoms with E-state index in [2.05, 4.69) is 52.6 Å². The van der Waals surface area contributed by atoms with Crippen LogP contribution in [0.5, 0.6) is 5.75 Å². The minimum absolute atomic E-state index is 0.0306. The van der Waals surface area contributed by atoms with Gasteiger partial charge in [0.25, 0.3) is 5.78 Å². The summed E-state index contributed by atoms with van der Waals surface area (Å²) in [5, 5.41) is 12.1. The van der Waals surface area contributed by atoms with E-state index in [9.17, 15) is 14.7 Å². The summed E-state index contributed by atoms with van der Waals surface area (Å²) in [4.78, 5) is 37.7. The first kappa shape index (κ1) is 27.5. The molecule has 0 saturated carbocycles. The van der Waals surface area contributed by atoms with Crippen molar-refractivity contribution in [3.05, 3.63) is 88.8 Å². The van der Waals surface area contributed by atoms with E-state index in [1.165, 1.54) is 23.3 Å². The highest BCUT2D eigenvalue weighted by atomic mass is 32.1. The van der Waals surface area contributed by atoms with Gasteiger partial charge in [0, 0.05) is 12.4 Å². The van der Waals surface area contributed by atoms with Crippen LogP contribution in [0.1, 0.15) is 69.8 Å². The number of carbonyl (C=O) groups is 2. The van der Waals surface area contributed by atoms with Gasteiger partial charge in [0.05, 0.1) is 34.5 Å². The molecule has 1 fully saturated rings. The van der Waals surface area contributed by atoms with Gasteiger partial charge in [0.1, 0.15) is 11.5 Å². The van der Waals surface area contributed by atoms with Gasteiger partial charge in [-0.2, -0.15) is 0 Å². The number of rotatable bonds is 4. The van der Waals surface area contributed by atoms with Crippen LogP contribution >= 0.6 is 11.3 Å². The van der Waals surface area contributed by atoms with E-state index in [4.69, 9.17) is 9.72 Å². The van der Waals surface area contributed by atoms with Crippen molar-refractivity contribution >= 4 is 44.1 Å². The summed E-state index contributed by atoms with van der Waals surface area (Å²) >= 11 is 1.34. The first-order valence-corrected chi connectivity index (χ1v) is 13.9. The molecule has 0 radical (unpaired) electrons. The standard InChI is InChI=1S/C32H33N3O4S/c1-31(2,3)19-11-13-23(39-7)21(15-19)27(36)25-26(18-9-8-14-33-17-18)35(29(38)28(25)37)30-34-22-12-10-20(32(4,5)6)16-24(22)40-30/h8-17,26,36H,1-7H3/b27-25+. The highest BCUT2D eigenvalue weighted by Crippen LogP contribution is 2.45. The number of hydrogen-bond acceptors (Lipinski definition) is 7. The smallest absolute Gasteiger partial charge is 0.301 e. The fourth-order valence-electron chi connectivity index (χ4n) is 4.87. The van der Waals surface area contributed by atoms with Crippen molar-refractivity contribution in [2.75, 3.05) is 12.0 Å². The molecule has 2 aromatic carbocycles. The number of aliphatic hydroxyl groups excluding tert-OH is 1. The van der Waals surface area contributed by atoms with Gasteiger partial charge in [-0.05, 0) is 57.9 Å². The number of carbonyl (C=O) groups excluding carboxylic acids is 2. The Hall–Kier alpha value is -4.04. The average Bonchev–Trinajstić information content (AvgIpc) is 3.45. The Morgan fingerprint density at radius 2 is 1.65 bits per heavy atom. The Morgan fingerprint density at radius 3 is 2.27 bits per heavy atom. The van der Waals surface area contributed by atoms with E-state index < -0.39 is 17.7 Å². The molecule has 1 saturated heterocycles. The van der Waals surface area contributed by atoms with E-state index in [0.717, 1.165) is 21.3 Å². The molecule has 206 valence electrons. The minimum Gasteiger partial charge on any atom is -0.507 e. The first-order chi connectivity index (χ1) is 18.8. The van der Waals surface area contributed by atoms with Gasteiger partial charge in [0.15, 0.2) is 5.13 Å². The molecule has 0 spiro atoms. The van der Waals surface area contributed by atoms with Crippen molar-refractivity contribution in [3.8, 4) is 5.75 Å². The van der Waals surface area contributed by atoms with Crippen LogP contribution < -0.4 is 9.64 Å². The minimum atomic E-state index is -0.917. The van der Waals surface area contributed by atoms with Gasteiger partial charge < -0.3 is 9.84 Å². The van der Waals surface area contributed by atoms with Crippen LogP contribution in [0.15, 0.2) is 66.5 Å². The van der Waals surface area contributed by atoms with Gasteiger partial charge in [-0.3, -0.25) is 19.5 Å². The summed E-state index contributed by atoms with van der Waals surface area (Å²) in [5.41, 5.74) is 3.46. The number of ketones is 1. The van der Waals surface area contributed by atoms with Crippen LogP contribution in [-0.2, 0) is 20.4 Å². The number of amides is 1. The normalized spacial score (nSPS) is 17.6. The second-order valence-corrected chi connectivity index (χ2v) is 13.1. The average molecular weight is 556 g/mol. The molecule has 8 heteroatoms. The fourth-order valence-corrected chi connectivity index (χ4v) is 5.90. The SMILES string of the molecule is COc1ccc(C(C)(C)C)cc1/C(O)=C1\C(=O)C(=O)N(c2nc3ccc(C(C)(C)C)cc3s2)C1c1cccnc1. The van der Waals surface area contributed by atoms with Crippen molar-refractivity contribution in [2.24, 2.45) is 0 Å². The lowest BCUT2D eigenvalue weighted by atomic mass is 9.85. The number of nitrogens with zero attached hydrogens (tertiary/aromatic N) is 3. The molecule has 5 rings (SSSR count). The van der Waals surface area contributed by atoms with E-state index in [1.54, 1.807) is 30.6 Å². The highest BCUT2D eigenvalue weighted by molar-refractivity contribution is 7.22. The third-order valence-electron chi connectivity index (χ3n) is 7.21. The number of hydrogen-bond donors (Lipinski definition) is 1. The molecule has 0 bridgehead atoms. The molecule has 1 amide bonds. The van der Waals surface area contributed by atoms with Crippen molar-refractivity contribution in [1.29, 1.82) is 0 Å². The zero-order valence-electron chi connectivity index (χ0n) is 23.8. The van der Waals surface area contributed by atoms with E-state index in [-0.39, 0.29) is 22.2 Å². The quantitative estimate of drug-likeness (QED) is 0.167. The number of fused-ring (bicyclic) bond motifs is 1. The molecule has 1 unspecified atom stereocenters. The van der Waals surface area contributed by atoms with Crippen LogP contribution in [0, 0.1) is 0 Å². The summed E-state index contributed by atoms with van der Waals surface area (Å²) in [6.07, 6.45) is 3.22. The second kappa shape index (κ2) is 9.86. The molecule has 1 aliphatic rings. The summed E-state index contributed by atoms with van der Waals surface area (Å²) in [7, 11) is 1.51. The molecule has 0 aliphatic carbocycles. The second-order valence-electron chi connectivity index (χ2n) is 12.0. The van der Waals surface area contributed by atoms with Gasteiger partial charge in [-0.1, -0.05) is 71.1 Å². The van der Waals surface area contributed by atoms with Gasteiger partial charge >= 0.3 is 5.91 Å². The Morgan fingerprint density at radius 1 is 0.975 bits per heavy atom. The van der Waals surface area contributed by atoms with Crippen LogP contribution in [0.25, 0.3) is 16.0 Å². The molecule has 3 heterocycles. The third kappa shape index (κ3) is 4.77. The molecule has 1 aliphatic heterocycles. The van der Waals surface area contributed by atoms with E-state index in [1.807, 2.05) is 24.3 Å². The third-order valence-corrected chi connectivity index (χ3v) is 8.23. The summed E-state index contributed by atoms with van der Waals surface area (Å²) in [6.45, 7) is 12.6. The van der Waals surface area contributed by atoms with Crippen molar-refractivity contribution in [3.63, 3.8) is 0 Å². The maximum atomic E-state index is 13.7. The van der Waals surface area contributed by atoms with Crippen LogP contribution in [-0.4, -0.2) is 33.9 Å². The molecule has 4 aromatic rings. The van der Waals surface area contributed by atoms with Crippen LogP contribution in [0.2, 0.25) is 0 Å². The van der Waals surface area contributed by atoms with Crippen molar-refractivity contribution in [2.45, 2.75) is 58.4 Å². The maximum Gasteiger partial charge on any atom is 0.301 e. The molecule has 2 aromatic heterocycles. The Bertz CT molecular complexity index is 1660. The maximum absolute atomic E-state index is 13.7. The number of ether oxygens (including phenoxy) is 1. The number of aromatic nitrogens is 2. The lowest BCUT2D eigenvalue weighted by molar-refractivity contribution is -0.132. The lowest BCUT2D eigenvalue weighted by Gasteiger charge is -2.24. The zero-order valence-corrected chi connectivity index (χ0v) is 24.6. The topological polar surface area (TPSA) is 92.6 Å². The predicted octanol–water partition coefficient (Wildman–Crippen LogP) is 6.92. The largest absolute Gasteiger partial charge is 0.507 e. The molecule has 7 nitrogen and oxygen atoms in total. The van der Waals surface area contributed by atoms with Crippen LogP contribution in [0.4, 0.5) is 5.13 Å². The lowest BCUT2D eigenvalue weighted by Crippen LogP contribution is -2.29. The molecule has 1 N–H and O–H groups in total. The number of benzene rings is 2. The Balaban J connectivity index is 1.73. The van der Waals surface area contributed by atoms with E-state index in [0.29, 0.717) is 22.0 Å². The Labute approximate surface area is 238 Å². The van der Waals surface area contributed by atoms with Crippen molar-refractivity contribution < 1.29 is 19.4 Å². The van der Waals surface area contributed by atoms with Gasteiger partial charge in [-0.15, -0.1) is 0 Å². The monoisotopic (exact) mass is 555 g/mol. The fraction of sp³-hybridized carbons (Fsp3) is 0.312. The van der Waals surface area contributed by atoms with Gasteiger partial charge in [-0.25, -0.2) is 4.98 Å². The number of anilines is 1. The molecular weight excluding hydrogens is 522 g/mol. The van der Waals surface area contributed by atoms with Gasteiger partial charge in [0.2, 0.25) is 0 Å². The molecule has 1 atom stereocenters. The number of methoxy groups -OCH3 is 1. The van der Waals surface area contributed by atoms with Crippen LogP contribution in [0.3, 0.4) is 0 Å². The highest BCUT2D eigenvalue weighted by Gasteiger charge is 2.48. The van der Waals surface area contributed by atoms with Crippen molar-refractivity contribution in [1.82, 2.24) is 9.97 Å². The predicted molar refractivity (Wildman–Crippen MR) is 159 cm³/mol. The summed E-state index contributed by atoms with van der Waals surface area (Å²) in [5.74, 6) is -1.44. The molecule has 40 heavy (non-hydrogen) atoms. The zero-order chi connectivity index (χ0) is 29.0. The number of thiazole rings is 1.